The first-order valence-corrected chi connectivity index (χ1v) is 9.08. The number of hydrogen-bond acceptors (Lipinski definition) is 3. The van der Waals surface area contributed by atoms with E-state index in [1.807, 2.05) is 23.1 Å². The van der Waals surface area contributed by atoms with E-state index in [2.05, 4.69) is 4.98 Å². The number of rotatable bonds is 5. The summed E-state index contributed by atoms with van der Waals surface area (Å²) in [4.78, 5) is 19.1. The molecule has 1 amide bonds. The van der Waals surface area contributed by atoms with E-state index < -0.39 is 0 Å². The van der Waals surface area contributed by atoms with Gasteiger partial charge in [0.05, 0.1) is 0 Å². The van der Waals surface area contributed by atoms with E-state index in [4.69, 9.17) is 27.9 Å². The molecule has 0 bridgehead atoms. The minimum atomic E-state index is -0.00324. The second-order valence-electron chi connectivity index (χ2n) is 6.18. The molecular weight excluding hydrogens is 359 g/mol. The largest absolute Gasteiger partial charge is 0.381 e. The molecule has 0 spiro atoms. The summed E-state index contributed by atoms with van der Waals surface area (Å²) in [6, 6.07) is 9.23. The molecule has 1 aromatic carbocycles. The molecule has 0 N–H and O–H groups in total. The van der Waals surface area contributed by atoms with Crippen LogP contribution in [-0.4, -0.2) is 29.0 Å². The predicted molar refractivity (Wildman–Crippen MR) is 98.5 cm³/mol. The van der Waals surface area contributed by atoms with Crippen LogP contribution in [0.25, 0.3) is 0 Å². The summed E-state index contributed by atoms with van der Waals surface area (Å²) < 4.78 is 5.38. The van der Waals surface area contributed by atoms with Crippen LogP contribution >= 0.6 is 23.2 Å². The van der Waals surface area contributed by atoms with Crippen LogP contribution in [0.15, 0.2) is 42.7 Å². The number of ether oxygens (including phenoxy) is 1. The number of nitrogens with zero attached hydrogens (tertiary/aromatic N) is 2. The maximum Gasteiger partial charge on any atom is 0.226 e. The minimum Gasteiger partial charge on any atom is -0.381 e. The number of carbonyl (C=O) groups is 1. The van der Waals surface area contributed by atoms with Crippen LogP contribution in [0, 0.1) is 5.92 Å². The van der Waals surface area contributed by atoms with E-state index in [0.717, 1.165) is 24.0 Å². The van der Waals surface area contributed by atoms with Gasteiger partial charge in [0.2, 0.25) is 5.91 Å². The molecule has 2 aromatic rings. The van der Waals surface area contributed by atoms with E-state index in [1.165, 1.54) is 0 Å². The first kappa shape index (κ1) is 18.2. The fourth-order valence-corrected chi connectivity index (χ4v) is 3.45. The van der Waals surface area contributed by atoms with Crippen molar-refractivity contribution in [3.05, 3.63) is 63.9 Å². The molecule has 0 atom stereocenters. The Morgan fingerprint density at radius 1 is 1.20 bits per heavy atom. The summed E-state index contributed by atoms with van der Waals surface area (Å²) >= 11 is 12.3. The fourth-order valence-electron chi connectivity index (χ4n) is 2.98. The monoisotopic (exact) mass is 378 g/mol. The molecule has 25 heavy (non-hydrogen) atoms. The third-order valence-corrected chi connectivity index (χ3v) is 4.94. The van der Waals surface area contributed by atoms with Gasteiger partial charge in [-0.2, -0.15) is 0 Å². The lowest BCUT2D eigenvalue weighted by Crippen LogP contribution is -2.37. The van der Waals surface area contributed by atoms with Gasteiger partial charge in [-0.15, -0.1) is 0 Å². The van der Waals surface area contributed by atoms with Crippen LogP contribution in [0.1, 0.15) is 24.0 Å². The maximum absolute atomic E-state index is 13.1. The molecule has 6 heteroatoms. The zero-order chi connectivity index (χ0) is 17.6. The lowest BCUT2D eigenvalue weighted by atomic mass is 9.98. The van der Waals surface area contributed by atoms with Crippen molar-refractivity contribution in [1.82, 2.24) is 9.88 Å². The average molecular weight is 379 g/mol. The van der Waals surface area contributed by atoms with Gasteiger partial charge in [-0.05, 0) is 42.2 Å². The van der Waals surface area contributed by atoms with Crippen molar-refractivity contribution in [1.29, 1.82) is 0 Å². The fraction of sp³-hybridized carbons (Fsp3) is 0.368. The zero-order valence-corrected chi connectivity index (χ0v) is 15.3. The molecule has 3 rings (SSSR count). The molecule has 0 unspecified atom stereocenters. The Kier molecular flexibility index (Phi) is 6.29. The minimum absolute atomic E-state index is 0.00324. The van der Waals surface area contributed by atoms with Crippen molar-refractivity contribution in [2.75, 3.05) is 13.2 Å². The number of halogens is 2. The van der Waals surface area contributed by atoms with Gasteiger partial charge in [0.15, 0.2) is 0 Å². The Bertz CT molecular complexity index is 719. The highest BCUT2D eigenvalue weighted by Crippen LogP contribution is 2.25. The Labute approximate surface area is 157 Å². The van der Waals surface area contributed by atoms with Crippen molar-refractivity contribution in [2.24, 2.45) is 5.92 Å². The molecule has 1 aromatic heterocycles. The van der Waals surface area contributed by atoms with Crippen LogP contribution in [-0.2, 0) is 22.6 Å². The molecule has 1 aliphatic rings. The van der Waals surface area contributed by atoms with Crippen LogP contribution in [0.5, 0.6) is 0 Å². The highest BCUT2D eigenvalue weighted by molar-refractivity contribution is 6.35. The molecule has 2 heterocycles. The van der Waals surface area contributed by atoms with Crippen molar-refractivity contribution in [3.8, 4) is 0 Å². The van der Waals surface area contributed by atoms with Crippen LogP contribution in [0.3, 0.4) is 0 Å². The number of hydrogen-bond donors (Lipinski definition) is 0. The summed E-state index contributed by atoms with van der Waals surface area (Å²) in [6.45, 7) is 2.22. The SMILES string of the molecule is O=C(C1CCOCC1)N(Cc1cccnc1)Cc1ccc(Cl)cc1Cl. The lowest BCUT2D eigenvalue weighted by Gasteiger charge is -2.30. The second kappa shape index (κ2) is 8.65. The molecular formula is C19H20Cl2N2O2. The van der Waals surface area contributed by atoms with Gasteiger partial charge in [-0.25, -0.2) is 0 Å². The molecule has 0 saturated carbocycles. The third-order valence-electron chi connectivity index (χ3n) is 4.35. The van der Waals surface area contributed by atoms with Gasteiger partial charge in [0.1, 0.15) is 0 Å². The number of pyridine rings is 1. The first-order valence-electron chi connectivity index (χ1n) is 8.33. The van der Waals surface area contributed by atoms with Gasteiger partial charge in [-0.3, -0.25) is 9.78 Å². The highest BCUT2D eigenvalue weighted by Gasteiger charge is 2.27. The summed E-state index contributed by atoms with van der Waals surface area (Å²) in [6.07, 6.45) is 5.03. The summed E-state index contributed by atoms with van der Waals surface area (Å²) in [7, 11) is 0. The predicted octanol–water partition coefficient (Wildman–Crippen LogP) is 4.34. The smallest absolute Gasteiger partial charge is 0.226 e. The number of amides is 1. The lowest BCUT2D eigenvalue weighted by molar-refractivity contribution is -0.139. The van der Waals surface area contributed by atoms with Crippen molar-refractivity contribution in [3.63, 3.8) is 0 Å². The highest BCUT2D eigenvalue weighted by atomic mass is 35.5. The average Bonchev–Trinajstić information content (AvgIpc) is 2.64. The number of benzene rings is 1. The molecule has 1 aliphatic heterocycles. The Hall–Kier alpha value is -1.62. The number of carbonyl (C=O) groups excluding carboxylic acids is 1. The first-order chi connectivity index (χ1) is 12.1. The van der Waals surface area contributed by atoms with Crippen molar-refractivity contribution in [2.45, 2.75) is 25.9 Å². The summed E-state index contributed by atoms with van der Waals surface area (Å²) in [5.41, 5.74) is 1.88. The number of aromatic nitrogens is 1. The van der Waals surface area contributed by atoms with E-state index >= 15 is 0 Å². The van der Waals surface area contributed by atoms with E-state index in [0.29, 0.717) is 36.3 Å². The Morgan fingerprint density at radius 3 is 2.68 bits per heavy atom. The molecule has 1 fully saturated rings. The molecule has 0 radical (unpaired) electrons. The Balaban J connectivity index is 1.81. The van der Waals surface area contributed by atoms with E-state index in [-0.39, 0.29) is 11.8 Å². The van der Waals surface area contributed by atoms with Gasteiger partial charge in [0, 0.05) is 54.7 Å². The van der Waals surface area contributed by atoms with Crippen LogP contribution in [0.4, 0.5) is 0 Å². The summed E-state index contributed by atoms with van der Waals surface area (Å²) in [5.74, 6) is 0.134. The van der Waals surface area contributed by atoms with E-state index in [9.17, 15) is 4.79 Å². The maximum atomic E-state index is 13.1. The van der Waals surface area contributed by atoms with Crippen molar-refractivity contribution < 1.29 is 9.53 Å². The quantitative estimate of drug-likeness (QED) is 0.776. The van der Waals surface area contributed by atoms with E-state index in [1.54, 1.807) is 24.5 Å². The standard InChI is InChI=1S/C19H20Cl2N2O2/c20-17-4-3-16(18(21)10-17)13-23(12-14-2-1-7-22-11-14)19(24)15-5-8-25-9-6-15/h1-4,7,10-11,15H,5-6,8-9,12-13H2. The topological polar surface area (TPSA) is 42.4 Å². The normalized spacial score (nSPS) is 15.1. The molecule has 4 nitrogen and oxygen atoms in total. The molecule has 1 saturated heterocycles. The zero-order valence-electron chi connectivity index (χ0n) is 13.8. The van der Waals surface area contributed by atoms with Crippen LogP contribution < -0.4 is 0 Å². The molecule has 132 valence electrons. The van der Waals surface area contributed by atoms with Gasteiger partial charge in [-0.1, -0.05) is 35.3 Å². The van der Waals surface area contributed by atoms with Gasteiger partial charge >= 0.3 is 0 Å². The second-order valence-corrected chi connectivity index (χ2v) is 7.02. The van der Waals surface area contributed by atoms with Crippen molar-refractivity contribution >= 4 is 29.1 Å². The summed E-state index contributed by atoms with van der Waals surface area (Å²) in [5, 5.41) is 1.16. The molecule has 0 aliphatic carbocycles. The third kappa shape index (κ3) is 4.94. The van der Waals surface area contributed by atoms with Crippen LogP contribution in [0.2, 0.25) is 10.0 Å². The Morgan fingerprint density at radius 2 is 2.00 bits per heavy atom. The van der Waals surface area contributed by atoms with Gasteiger partial charge < -0.3 is 9.64 Å². The van der Waals surface area contributed by atoms with Gasteiger partial charge in [0.25, 0.3) is 0 Å².